The largest absolute Gasteiger partial charge is 0.487 e. The summed E-state index contributed by atoms with van der Waals surface area (Å²) in [7, 11) is 0. The molecule has 0 aromatic heterocycles. The van der Waals surface area contributed by atoms with Crippen molar-refractivity contribution in [3.8, 4) is 5.75 Å². The third kappa shape index (κ3) is 4.49. The van der Waals surface area contributed by atoms with Gasteiger partial charge in [0.05, 0.1) is 12.0 Å². The van der Waals surface area contributed by atoms with Crippen LogP contribution in [-0.4, -0.2) is 39.8 Å². The third-order valence-electron chi connectivity index (χ3n) is 7.14. The van der Waals surface area contributed by atoms with E-state index in [1.54, 1.807) is 24.3 Å². The summed E-state index contributed by atoms with van der Waals surface area (Å²) in [4.78, 5) is 13.5. The molecule has 0 saturated carbocycles. The monoisotopic (exact) mass is 461 g/mol. The van der Waals surface area contributed by atoms with Gasteiger partial charge in [0.1, 0.15) is 17.2 Å². The molecule has 2 heterocycles. The number of carboxylic acids is 1. The first-order valence-electron chi connectivity index (χ1n) is 11.1. The van der Waals surface area contributed by atoms with Gasteiger partial charge in [0.25, 0.3) is 0 Å². The van der Waals surface area contributed by atoms with Crippen molar-refractivity contribution in [3.63, 3.8) is 0 Å². The van der Waals surface area contributed by atoms with Gasteiger partial charge in [0, 0.05) is 29.7 Å². The van der Waals surface area contributed by atoms with E-state index in [4.69, 9.17) is 16.3 Å². The summed E-state index contributed by atoms with van der Waals surface area (Å²) in [6.07, 6.45) is 2.32. The average Bonchev–Trinajstić information content (AvgIpc) is 2.79. The van der Waals surface area contributed by atoms with Gasteiger partial charge >= 0.3 is 5.97 Å². The minimum Gasteiger partial charge on any atom is -0.487 e. The van der Waals surface area contributed by atoms with Gasteiger partial charge in [0.15, 0.2) is 0 Å². The number of hydrogen-bond donors (Lipinski definition) is 2. The van der Waals surface area contributed by atoms with Crippen LogP contribution in [0.25, 0.3) is 0 Å². The highest BCUT2D eigenvalue weighted by molar-refractivity contribution is 6.30. The highest BCUT2D eigenvalue weighted by atomic mass is 35.5. The Hall–Kier alpha value is -2.15. The van der Waals surface area contributed by atoms with E-state index in [0.717, 1.165) is 50.1 Å². The third-order valence-corrected chi connectivity index (χ3v) is 7.37. The Balaban J connectivity index is 1.46. The number of ether oxygens (including phenoxy) is 1. The lowest BCUT2D eigenvalue weighted by Crippen LogP contribution is -2.50. The highest BCUT2D eigenvalue weighted by Gasteiger charge is 2.41. The van der Waals surface area contributed by atoms with E-state index < -0.39 is 18.0 Å². The summed E-state index contributed by atoms with van der Waals surface area (Å²) in [5, 5.41) is 20.2. The van der Waals surface area contributed by atoms with Gasteiger partial charge in [-0.15, -0.1) is 0 Å². The molecule has 5 nitrogen and oxygen atoms in total. The number of carbonyl (C=O) groups is 1. The molecule has 1 saturated heterocycles. The van der Waals surface area contributed by atoms with Crippen LogP contribution in [-0.2, 0) is 11.2 Å². The molecule has 1 fully saturated rings. The topological polar surface area (TPSA) is 70.0 Å². The number of fused-ring (bicyclic) bond motifs is 1. The van der Waals surface area contributed by atoms with Gasteiger partial charge in [-0.3, -0.25) is 9.69 Å². The molecule has 2 aromatic rings. The summed E-state index contributed by atoms with van der Waals surface area (Å²) >= 11 is 6.08. The maximum absolute atomic E-state index is 14.3. The molecule has 1 unspecified atom stereocenters. The number of piperidine rings is 1. The van der Waals surface area contributed by atoms with Crippen LogP contribution in [0.4, 0.5) is 4.39 Å². The number of likely N-dealkylation sites (tertiary alicyclic amines) is 1. The van der Waals surface area contributed by atoms with Crippen LogP contribution in [0.15, 0.2) is 36.4 Å². The van der Waals surface area contributed by atoms with E-state index in [0.29, 0.717) is 16.1 Å². The summed E-state index contributed by atoms with van der Waals surface area (Å²) in [6, 6.07) is 10.1. The molecule has 2 aliphatic heterocycles. The van der Waals surface area contributed by atoms with E-state index >= 15 is 0 Å². The minimum atomic E-state index is -1.09. The first-order valence-corrected chi connectivity index (χ1v) is 11.5. The summed E-state index contributed by atoms with van der Waals surface area (Å²) < 4.78 is 20.8. The van der Waals surface area contributed by atoms with Crippen molar-refractivity contribution in [3.05, 3.63) is 63.9 Å². The van der Waals surface area contributed by atoms with Gasteiger partial charge in [-0.2, -0.15) is 0 Å². The Morgan fingerprint density at radius 3 is 2.56 bits per heavy atom. The number of nitrogens with zero attached hydrogens (tertiary/aromatic N) is 1. The Morgan fingerprint density at radius 2 is 1.88 bits per heavy atom. The normalized spacial score (nSPS) is 20.8. The fraction of sp³-hybridized carbons (Fsp3) is 0.480. The lowest BCUT2D eigenvalue weighted by molar-refractivity contribution is -0.145. The van der Waals surface area contributed by atoms with Crippen LogP contribution in [0.2, 0.25) is 5.02 Å². The zero-order chi connectivity index (χ0) is 23.0. The minimum absolute atomic E-state index is 0.0822. The van der Waals surface area contributed by atoms with Gasteiger partial charge < -0.3 is 14.9 Å². The van der Waals surface area contributed by atoms with Crippen LogP contribution in [0.1, 0.15) is 61.9 Å². The molecule has 2 N–H and O–H groups in total. The zero-order valence-electron chi connectivity index (χ0n) is 18.4. The Bertz CT molecular complexity index is 1010. The van der Waals surface area contributed by atoms with Crippen molar-refractivity contribution >= 4 is 17.6 Å². The Labute approximate surface area is 192 Å². The molecule has 172 valence electrons. The molecule has 7 heteroatoms. The lowest BCUT2D eigenvalue weighted by Gasteiger charge is -2.46. The number of aliphatic hydroxyl groups is 1. The zero-order valence-corrected chi connectivity index (χ0v) is 19.1. The number of aliphatic hydroxyl groups excluding tert-OH is 1. The average molecular weight is 462 g/mol. The number of carboxylic acid groups (broad SMARTS) is 1. The molecule has 32 heavy (non-hydrogen) atoms. The van der Waals surface area contributed by atoms with Crippen molar-refractivity contribution in [2.24, 2.45) is 5.92 Å². The fourth-order valence-electron chi connectivity index (χ4n) is 4.83. The predicted molar refractivity (Wildman–Crippen MR) is 121 cm³/mol. The Morgan fingerprint density at radius 1 is 1.16 bits per heavy atom. The molecular weight excluding hydrogens is 433 g/mol. The molecular formula is C25H29ClFNO4. The molecule has 0 aliphatic carbocycles. The van der Waals surface area contributed by atoms with Crippen LogP contribution < -0.4 is 4.74 Å². The second-order valence-corrected chi connectivity index (χ2v) is 9.54. The van der Waals surface area contributed by atoms with Gasteiger partial charge in [0.2, 0.25) is 0 Å². The van der Waals surface area contributed by atoms with Gasteiger partial charge in [-0.1, -0.05) is 23.7 Å². The highest BCUT2D eigenvalue weighted by Crippen LogP contribution is 2.42. The van der Waals surface area contributed by atoms with Crippen molar-refractivity contribution in [1.29, 1.82) is 0 Å². The van der Waals surface area contributed by atoms with E-state index in [2.05, 4.69) is 4.90 Å². The van der Waals surface area contributed by atoms with Gasteiger partial charge in [-0.05, 0) is 74.9 Å². The van der Waals surface area contributed by atoms with Gasteiger partial charge in [-0.25, -0.2) is 4.39 Å². The maximum Gasteiger partial charge on any atom is 0.309 e. The number of rotatable bonds is 5. The number of halogens is 2. The predicted octanol–water partition coefficient (Wildman–Crippen LogP) is 5.15. The van der Waals surface area contributed by atoms with E-state index in [-0.39, 0.29) is 17.5 Å². The summed E-state index contributed by atoms with van der Waals surface area (Å²) in [5.74, 6) is -1.45. The molecule has 1 spiro atoms. The number of benzene rings is 2. The van der Waals surface area contributed by atoms with Crippen molar-refractivity contribution in [2.75, 3.05) is 13.1 Å². The van der Waals surface area contributed by atoms with E-state index in [9.17, 15) is 19.4 Å². The van der Waals surface area contributed by atoms with Crippen LogP contribution in [0.5, 0.6) is 5.75 Å². The molecule has 2 aromatic carbocycles. The first kappa shape index (κ1) is 23.0. The maximum atomic E-state index is 14.3. The lowest BCUT2D eigenvalue weighted by atomic mass is 9.82. The summed E-state index contributed by atoms with van der Waals surface area (Å²) in [5.41, 5.74) is 1.94. The number of aliphatic carboxylic acids is 1. The van der Waals surface area contributed by atoms with Crippen LogP contribution in [0, 0.1) is 11.7 Å². The molecule has 0 amide bonds. The quantitative estimate of drug-likeness (QED) is 0.644. The smallest absolute Gasteiger partial charge is 0.309 e. The van der Waals surface area contributed by atoms with Crippen molar-refractivity contribution in [2.45, 2.75) is 57.3 Å². The number of hydrogen-bond acceptors (Lipinski definition) is 4. The SMILES string of the molecule is CC(c1cc(Cl)ccc1F)N1CCC2(CCc3ccc([C@H](O)[C@H](C)C(=O)O)cc3O2)CC1. The molecule has 0 bridgehead atoms. The van der Waals surface area contributed by atoms with Crippen molar-refractivity contribution < 1.29 is 24.1 Å². The second-order valence-electron chi connectivity index (χ2n) is 9.10. The Kier molecular flexibility index (Phi) is 6.48. The first-order chi connectivity index (χ1) is 15.2. The molecule has 4 rings (SSSR count). The summed E-state index contributed by atoms with van der Waals surface area (Å²) in [6.45, 7) is 5.05. The molecule has 3 atom stereocenters. The van der Waals surface area contributed by atoms with Crippen LogP contribution in [0.3, 0.4) is 0 Å². The molecule has 2 aliphatic rings. The standard InChI is InChI=1S/C25H29ClFNO4/c1-15(24(30)31)23(29)18-4-3-17-7-8-25(32-22(17)13-18)9-11-28(12-10-25)16(2)20-14-19(26)5-6-21(20)27/h3-6,13-16,23,29H,7-12H2,1-2H3,(H,30,31)/t15-,16?,23+/m0/s1. The number of aryl methyl sites for hydroxylation is 1. The second kappa shape index (κ2) is 9.00. The van der Waals surface area contributed by atoms with E-state index in [1.165, 1.54) is 13.0 Å². The fourth-order valence-corrected chi connectivity index (χ4v) is 5.01. The van der Waals surface area contributed by atoms with E-state index in [1.807, 2.05) is 13.0 Å². The van der Waals surface area contributed by atoms with Crippen LogP contribution >= 0.6 is 11.6 Å². The molecule has 0 radical (unpaired) electrons. The van der Waals surface area contributed by atoms with Crippen molar-refractivity contribution in [1.82, 2.24) is 4.90 Å².